The van der Waals surface area contributed by atoms with E-state index >= 15 is 0 Å². The zero-order chi connectivity index (χ0) is 10.8. The van der Waals surface area contributed by atoms with Crippen LogP contribution in [0.1, 0.15) is 5.56 Å². The second kappa shape index (κ2) is 3.82. The molecule has 6 heteroatoms. The van der Waals surface area contributed by atoms with E-state index in [9.17, 15) is 0 Å². The third-order valence-corrected chi connectivity index (χ3v) is 2.30. The van der Waals surface area contributed by atoms with Crippen molar-refractivity contribution >= 4 is 21.8 Å². The fourth-order valence-electron chi connectivity index (χ4n) is 1.23. The summed E-state index contributed by atoms with van der Waals surface area (Å²) in [4.78, 5) is 3.99. The summed E-state index contributed by atoms with van der Waals surface area (Å²) < 4.78 is 2.48. The number of hydrogen-bond donors (Lipinski definition) is 2. The topological polar surface area (TPSA) is 80.6 Å². The standard InChI is InChI=1S/C9H8BrN5/c10-6-3-14-15(5-6)8-4-13-2-1-7(8)9(11)12/h1-5H,(H3,11,12). The predicted octanol–water partition coefficient (Wildman–Crippen LogP) is 1.31. The molecule has 0 radical (unpaired) electrons. The molecule has 3 N–H and O–H groups in total. The van der Waals surface area contributed by atoms with Crippen molar-refractivity contribution in [3.8, 4) is 5.69 Å². The van der Waals surface area contributed by atoms with Crippen LogP contribution in [-0.4, -0.2) is 20.6 Å². The van der Waals surface area contributed by atoms with Gasteiger partial charge in [0.25, 0.3) is 0 Å². The first-order chi connectivity index (χ1) is 7.18. The van der Waals surface area contributed by atoms with Gasteiger partial charge < -0.3 is 5.73 Å². The van der Waals surface area contributed by atoms with Gasteiger partial charge in [-0.05, 0) is 22.0 Å². The largest absolute Gasteiger partial charge is 0.384 e. The smallest absolute Gasteiger partial charge is 0.125 e. The highest BCUT2D eigenvalue weighted by atomic mass is 79.9. The molecule has 2 aromatic rings. The molecule has 2 rings (SSSR count). The van der Waals surface area contributed by atoms with Gasteiger partial charge in [-0.3, -0.25) is 10.4 Å². The van der Waals surface area contributed by atoms with Crippen molar-refractivity contribution in [2.45, 2.75) is 0 Å². The van der Waals surface area contributed by atoms with Gasteiger partial charge in [-0.25, -0.2) is 4.68 Å². The zero-order valence-electron chi connectivity index (χ0n) is 7.68. The van der Waals surface area contributed by atoms with E-state index in [1.54, 1.807) is 35.5 Å². The maximum atomic E-state index is 7.43. The molecule has 0 aromatic carbocycles. The lowest BCUT2D eigenvalue weighted by Crippen LogP contribution is -2.15. The molecule has 0 atom stereocenters. The predicted molar refractivity (Wildman–Crippen MR) is 60.1 cm³/mol. The van der Waals surface area contributed by atoms with Gasteiger partial charge in [-0.2, -0.15) is 5.10 Å². The lowest BCUT2D eigenvalue weighted by Gasteiger charge is -2.06. The van der Waals surface area contributed by atoms with Gasteiger partial charge >= 0.3 is 0 Å². The van der Waals surface area contributed by atoms with Crippen LogP contribution in [-0.2, 0) is 0 Å². The second-order valence-corrected chi connectivity index (χ2v) is 3.83. The number of rotatable bonds is 2. The van der Waals surface area contributed by atoms with E-state index in [4.69, 9.17) is 11.1 Å². The Kier molecular flexibility index (Phi) is 2.51. The van der Waals surface area contributed by atoms with Crippen molar-refractivity contribution in [3.05, 3.63) is 40.9 Å². The van der Waals surface area contributed by atoms with Gasteiger partial charge in [-0.15, -0.1) is 0 Å². The van der Waals surface area contributed by atoms with Crippen LogP contribution in [0, 0.1) is 5.41 Å². The van der Waals surface area contributed by atoms with Crippen LogP contribution in [0.15, 0.2) is 35.3 Å². The average molecular weight is 266 g/mol. The Labute approximate surface area is 94.6 Å². The molecule has 2 heterocycles. The molecule has 2 aromatic heterocycles. The van der Waals surface area contributed by atoms with Crippen LogP contribution < -0.4 is 5.73 Å². The molecule has 76 valence electrons. The average Bonchev–Trinajstić information content (AvgIpc) is 2.65. The molecule has 0 amide bonds. The fraction of sp³-hybridized carbons (Fsp3) is 0. The molecule has 0 bridgehead atoms. The van der Waals surface area contributed by atoms with Crippen molar-refractivity contribution in [3.63, 3.8) is 0 Å². The summed E-state index contributed by atoms with van der Waals surface area (Å²) in [5, 5.41) is 11.5. The third kappa shape index (κ3) is 1.89. The van der Waals surface area contributed by atoms with Crippen LogP contribution >= 0.6 is 15.9 Å². The van der Waals surface area contributed by atoms with Gasteiger partial charge in [0.05, 0.1) is 22.6 Å². The molecule has 0 saturated heterocycles. The Morgan fingerprint density at radius 2 is 2.27 bits per heavy atom. The van der Waals surface area contributed by atoms with Gasteiger partial charge in [0.15, 0.2) is 0 Å². The maximum Gasteiger partial charge on any atom is 0.125 e. The number of hydrogen-bond acceptors (Lipinski definition) is 3. The van der Waals surface area contributed by atoms with Gasteiger partial charge in [-0.1, -0.05) is 0 Å². The summed E-state index contributed by atoms with van der Waals surface area (Å²) in [6.45, 7) is 0. The van der Waals surface area contributed by atoms with Crippen LogP contribution in [0.5, 0.6) is 0 Å². The number of nitrogens with one attached hydrogen (secondary N) is 1. The SMILES string of the molecule is N=C(N)c1ccncc1-n1cc(Br)cn1. The number of aromatic nitrogens is 3. The summed E-state index contributed by atoms with van der Waals surface area (Å²) in [6, 6.07) is 1.69. The first kappa shape index (κ1) is 9.85. The maximum absolute atomic E-state index is 7.43. The Morgan fingerprint density at radius 1 is 1.47 bits per heavy atom. The molecular formula is C9H8BrN5. The molecule has 5 nitrogen and oxygen atoms in total. The molecule has 0 fully saturated rings. The van der Waals surface area contributed by atoms with Crippen molar-refractivity contribution < 1.29 is 0 Å². The Balaban J connectivity index is 2.57. The molecule has 0 aliphatic heterocycles. The van der Waals surface area contributed by atoms with Crippen LogP contribution in [0.4, 0.5) is 0 Å². The Hall–Kier alpha value is -1.69. The van der Waals surface area contributed by atoms with Gasteiger partial charge in [0, 0.05) is 18.0 Å². The molecule has 0 saturated carbocycles. The second-order valence-electron chi connectivity index (χ2n) is 2.91. The van der Waals surface area contributed by atoms with Gasteiger partial charge in [0.1, 0.15) is 5.84 Å². The summed E-state index contributed by atoms with van der Waals surface area (Å²) in [6.07, 6.45) is 6.66. The minimum atomic E-state index is -0.000905. The highest BCUT2D eigenvalue weighted by Crippen LogP contribution is 2.14. The molecule has 0 spiro atoms. The molecular weight excluding hydrogens is 258 g/mol. The first-order valence-corrected chi connectivity index (χ1v) is 4.97. The molecule has 0 unspecified atom stereocenters. The van der Waals surface area contributed by atoms with Crippen molar-refractivity contribution in [1.29, 1.82) is 5.41 Å². The summed E-state index contributed by atoms with van der Waals surface area (Å²) >= 11 is 3.30. The molecule has 0 aliphatic carbocycles. The quantitative estimate of drug-likeness (QED) is 0.635. The van der Waals surface area contributed by atoms with E-state index in [2.05, 4.69) is 26.0 Å². The van der Waals surface area contributed by atoms with E-state index in [0.29, 0.717) is 11.3 Å². The number of nitrogens with zero attached hydrogens (tertiary/aromatic N) is 3. The number of amidine groups is 1. The molecule has 0 aliphatic rings. The van der Waals surface area contributed by atoms with E-state index in [-0.39, 0.29) is 5.84 Å². The summed E-state index contributed by atoms with van der Waals surface area (Å²) in [7, 11) is 0. The van der Waals surface area contributed by atoms with Gasteiger partial charge in [0.2, 0.25) is 0 Å². The summed E-state index contributed by atoms with van der Waals surface area (Å²) in [5.41, 5.74) is 6.76. The monoisotopic (exact) mass is 265 g/mol. The van der Waals surface area contributed by atoms with Crippen molar-refractivity contribution in [2.75, 3.05) is 0 Å². The highest BCUT2D eigenvalue weighted by Gasteiger charge is 2.07. The number of nitrogens with two attached hydrogens (primary N) is 1. The van der Waals surface area contributed by atoms with Crippen molar-refractivity contribution in [1.82, 2.24) is 14.8 Å². The van der Waals surface area contributed by atoms with Crippen molar-refractivity contribution in [2.24, 2.45) is 5.73 Å². The lowest BCUT2D eigenvalue weighted by molar-refractivity contribution is 0.871. The van der Waals surface area contributed by atoms with E-state index in [1.165, 1.54) is 0 Å². The lowest BCUT2D eigenvalue weighted by atomic mass is 10.2. The van der Waals surface area contributed by atoms with E-state index < -0.39 is 0 Å². The number of halogens is 1. The van der Waals surface area contributed by atoms with E-state index in [0.717, 1.165) is 4.47 Å². The minimum absolute atomic E-state index is 0.000905. The zero-order valence-corrected chi connectivity index (χ0v) is 9.27. The van der Waals surface area contributed by atoms with E-state index in [1.807, 2.05) is 0 Å². The van der Waals surface area contributed by atoms with Crippen LogP contribution in [0.25, 0.3) is 5.69 Å². The third-order valence-electron chi connectivity index (χ3n) is 1.89. The normalized spacial score (nSPS) is 10.2. The Morgan fingerprint density at radius 3 is 2.87 bits per heavy atom. The minimum Gasteiger partial charge on any atom is -0.384 e. The summed E-state index contributed by atoms with van der Waals surface area (Å²) in [5.74, 6) is -0.000905. The fourth-order valence-corrected chi connectivity index (χ4v) is 1.51. The number of pyridine rings is 1. The van der Waals surface area contributed by atoms with Crippen LogP contribution in [0.3, 0.4) is 0 Å². The first-order valence-electron chi connectivity index (χ1n) is 4.17. The Bertz CT molecular complexity index is 505. The van der Waals surface area contributed by atoms with Crippen LogP contribution in [0.2, 0.25) is 0 Å². The number of nitrogen functional groups attached to an aromatic ring is 1. The highest BCUT2D eigenvalue weighted by molar-refractivity contribution is 9.10. The molecule has 15 heavy (non-hydrogen) atoms.